The van der Waals surface area contributed by atoms with Crippen LogP contribution < -0.4 is 5.32 Å². The largest absolute Gasteiger partial charge is 0.339 e. The van der Waals surface area contributed by atoms with Crippen LogP contribution in [0.25, 0.3) is 0 Å². The Morgan fingerprint density at radius 3 is 2.95 bits per heavy atom. The van der Waals surface area contributed by atoms with Crippen LogP contribution in [0.1, 0.15) is 30.1 Å². The first-order valence-corrected chi connectivity index (χ1v) is 6.96. The van der Waals surface area contributed by atoms with Gasteiger partial charge in [0.2, 0.25) is 5.89 Å². The van der Waals surface area contributed by atoms with Gasteiger partial charge >= 0.3 is 0 Å². The van der Waals surface area contributed by atoms with Gasteiger partial charge in [-0.3, -0.25) is 0 Å². The number of piperidine rings is 1. The molecule has 0 bridgehead atoms. The smallest absolute Gasteiger partial charge is 0.231 e. The average Bonchev–Trinajstić information content (AvgIpc) is 2.88. The van der Waals surface area contributed by atoms with E-state index < -0.39 is 0 Å². The molecule has 1 aromatic carbocycles. The van der Waals surface area contributed by atoms with Crippen LogP contribution in [0.5, 0.6) is 0 Å². The summed E-state index contributed by atoms with van der Waals surface area (Å²) in [6.45, 7) is 2.21. The number of nitrogens with zero attached hydrogens (tertiary/aromatic N) is 2. The normalized spacial score (nSPS) is 19.5. The van der Waals surface area contributed by atoms with Gasteiger partial charge in [-0.25, -0.2) is 0 Å². The third-order valence-electron chi connectivity index (χ3n) is 3.58. The zero-order valence-electron chi connectivity index (χ0n) is 11.0. The van der Waals surface area contributed by atoms with Crippen molar-refractivity contribution in [2.24, 2.45) is 5.92 Å². The fraction of sp³-hybridized carbons (Fsp3) is 0.467. The van der Waals surface area contributed by atoms with Gasteiger partial charge in [0, 0.05) is 6.42 Å². The van der Waals surface area contributed by atoms with Gasteiger partial charge in [0.05, 0.1) is 6.42 Å². The second-order valence-corrected chi connectivity index (χ2v) is 5.18. The molecule has 0 aliphatic carbocycles. The Hall–Kier alpha value is -1.68. The molecular weight excluding hydrogens is 238 g/mol. The highest BCUT2D eigenvalue weighted by atomic mass is 16.5. The van der Waals surface area contributed by atoms with Crippen LogP contribution in [0.15, 0.2) is 34.9 Å². The maximum Gasteiger partial charge on any atom is 0.231 e. The first kappa shape index (κ1) is 12.4. The minimum absolute atomic E-state index is 0.649. The van der Waals surface area contributed by atoms with E-state index in [1.807, 2.05) is 18.2 Å². The fourth-order valence-electron chi connectivity index (χ4n) is 2.57. The lowest BCUT2D eigenvalue weighted by Gasteiger charge is -2.20. The molecule has 1 unspecified atom stereocenters. The molecule has 100 valence electrons. The summed E-state index contributed by atoms with van der Waals surface area (Å²) in [5, 5.41) is 7.51. The molecule has 2 aromatic rings. The quantitative estimate of drug-likeness (QED) is 0.912. The predicted octanol–water partition coefficient (Wildman–Crippen LogP) is 2.20. The number of rotatable bonds is 4. The zero-order valence-corrected chi connectivity index (χ0v) is 11.0. The van der Waals surface area contributed by atoms with Gasteiger partial charge < -0.3 is 9.84 Å². The first-order chi connectivity index (χ1) is 9.40. The molecular formula is C15H19N3O. The Kier molecular flexibility index (Phi) is 3.89. The Bertz CT molecular complexity index is 503. The van der Waals surface area contributed by atoms with Crippen molar-refractivity contribution in [3.05, 3.63) is 47.6 Å². The highest BCUT2D eigenvalue weighted by Gasteiger charge is 2.16. The maximum absolute atomic E-state index is 5.33. The summed E-state index contributed by atoms with van der Waals surface area (Å²) in [5.41, 5.74) is 1.21. The van der Waals surface area contributed by atoms with Crippen LogP contribution in [0, 0.1) is 5.92 Å². The Morgan fingerprint density at radius 1 is 1.26 bits per heavy atom. The van der Waals surface area contributed by atoms with Gasteiger partial charge in [0.15, 0.2) is 5.82 Å². The summed E-state index contributed by atoms with van der Waals surface area (Å²) in [4.78, 5) is 4.49. The van der Waals surface area contributed by atoms with E-state index in [0.717, 1.165) is 31.8 Å². The van der Waals surface area contributed by atoms with Gasteiger partial charge in [-0.2, -0.15) is 4.98 Å². The maximum atomic E-state index is 5.33. The number of nitrogens with one attached hydrogen (secondary N) is 1. The summed E-state index contributed by atoms with van der Waals surface area (Å²) in [5.74, 6) is 2.21. The summed E-state index contributed by atoms with van der Waals surface area (Å²) < 4.78 is 5.33. The molecule has 4 heteroatoms. The van der Waals surface area contributed by atoms with E-state index in [4.69, 9.17) is 4.52 Å². The minimum Gasteiger partial charge on any atom is -0.339 e. The molecule has 0 amide bonds. The molecule has 1 saturated heterocycles. The van der Waals surface area contributed by atoms with Crippen molar-refractivity contribution in [1.82, 2.24) is 15.5 Å². The predicted molar refractivity (Wildman–Crippen MR) is 72.8 cm³/mol. The topological polar surface area (TPSA) is 51.0 Å². The molecule has 1 aliphatic heterocycles. The zero-order chi connectivity index (χ0) is 12.9. The SMILES string of the molecule is c1ccc(Cc2nc(CC3CCCNC3)no2)cc1. The second kappa shape index (κ2) is 5.97. The summed E-state index contributed by atoms with van der Waals surface area (Å²) >= 11 is 0. The van der Waals surface area contributed by atoms with Crippen molar-refractivity contribution in [2.45, 2.75) is 25.7 Å². The van der Waals surface area contributed by atoms with Gasteiger partial charge in [0.1, 0.15) is 0 Å². The third kappa shape index (κ3) is 3.41. The van der Waals surface area contributed by atoms with Crippen molar-refractivity contribution < 1.29 is 4.52 Å². The van der Waals surface area contributed by atoms with E-state index >= 15 is 0 Å². The molecule has 0 radical (unpaired) electrons. The van der Waals surface area contributed by atoms with Crippen LogP contribution in [0.4, 0.5) is 0 Å². The van der Waals surface area contributed by atoms with Crippen molar-refractivity contribution in [3.63, 3.8) is 0 Å². The van der Waals surface area contributed by atoms with Crippen LogP contribution in [-0.2, 0) is 12.8 Å². The summed E-state index contributed by atoms with van der Waals surface area (Å²) in [6.07, 6.45) is 4.15. The Labute approximate surface area is 113 Å². The van der Waals surface area contributed by atoms with E-state index in [-0.39, 0.29) is 0 Å². The Balaban J connectivity index is 1.59. The molecule has 0 spiro atoms. The van der Waals surface area contributed by atoms with E-state index in [0.29, 0.717) is 11.8 Å². The summed E-state index contributed by atoms with van der Waals surface area (Å²) in [6, 6.07) is 10.2. The van der Waals surface area contributed by atoms with Crippen molar-refractivity contribution in [1.29, 1.82) is 0 Å². The molecule has 1 N–H and O–H groups in total. The molecule has 4 nitrogen and oxygen atoms in total. The van der Waals surface area contributed by atoms with Crippen LogP contribution in [0.3, 0.4) is 0 Å². The van der Waals surface area contributed by atoms with Crippen LogP contribution in [0.2, 0.25) is 0 Å². The Morgan fingerprint density at radius 2 is 2.16 bits per heavy atom. The summed E-state index contributed by atoms with van der Waals surface area (Å²) in [7, 11) is 0. The molecule has 0 saturated carbocycles. The molecule has 1 atom stereocenters. The minimum atomic E-state index is 0.649. The number of benzene rings is 1. The molecule has 1 fully saturated rings. The van der Waals surface area contributed by atoms with Gasteiger partial charge in [-0.15, -0.1) is 0 Å². The highest BCUT2D eigenvalue weighted by molar-refractivity contribution is 5.17. The number of hydrogen-bond acceptors (Lipinski definition) is 4. The van der Waals surface area contributed by atoms with E-state index in [9.17, 15) is 0 Å². The van der Waals surface area contributed by atoms with E-state index in [1.54, 1.807) is 0 Å². The van der Waals surface area contributed by atoms with Crippen molar-refractivity contribution in [2.75, 3.05) is 13.1 Å². The molecule has 3 rings (SSSR count). The molecule has 2 heterocycles. The van der Waals surface area contributed by atoms with Crippen molar-refractivity contribution in [3.8, 4) is 0 Å². The second-order valence-electron chi connectivity index (χ2n) is 5.18. The molecule has 1 aliphatic rings. The average molecular weight is 257 g/mol. The van der Waals surface area contributed by atoms with Gasteiger partial charge in [-0.05, 0) is 37.4 Å². The monoisotopic (exact) mass is 257 g/mol. The molecule has 1 aromatic heterocycles. The molecule has 19 heavy (non-hydrogen) atoms. The fourth-order valence-corrected chi connectivity index (χ4v) is 2.57. The lowest BCUT2D eigenvalue weighted by Crippen LogP contribution is -2.31. The number of hydrogen-bond donors (Lipinski definition) is 1. The van der Waals surface area contributed by atoms with E-state index in [2.05, 4.69) is 27.6 Å². The van der Waals surface area contributed by atoms with Crippen LogP contribution >= 0.6 is 0 Å². The first-order valence-electron chi connectivity index (χ1n) is 6.96. The number of aromatic nitrogens is 2. The van der Waals surface area contributed by atoms with Gasteiger partial charge in [-0.1, -0.05) is 35.5 Å². The van der Waals surface area contributed by atoms with Gasteiger partial charge in [0.25, 0.3) is 0 Å². The lowest BCUT2D eigenvalue weighted by molar-refractivity contribution is 0.351. The lowest BCUT2D eigenvalue weighted by atomic mass is 9.96. The standard InChI is InChI=1S/C15H19N3O/c1-2-5-12(6-3-1)10-15-17-14(18-19-15)9-13-7-4-8-16-11-13/h1-3,5-6,13,16H,4,7-11H2. The van der Waals surface area contributed by atoms with E-state index in [1.165, 1.54) is 18.4 Å². The van der Waals surface area contributed by atoms with Crippen molar-refractivity contribution >= 4 is 0 Å². The van der Waals surface area contributed by atoms with Crippen LogP contribution in [-0.4, -0.2) is 23.2 Å². The highest BCUT2D eigenvalue weighted by Crippen LogP contribution is 2.15. The third-order valence-corrected chi connectivity index (χ3v) is 3.58.